The van der Waals surface area contributed by atoms with Gasteiger partial charge < -0.3 is 30.3 Å². The molecule has 7 heteroatoms. The Balaban J connectivity index is 1.81. The molecule has 30 heavy (non-hydrogen) atoms. The molecule has 0 fully saturated rings. The average molecular weight is 408 g/mol. The van der Waals surface area contributed by atoms with Crippen LogP contribution in [0.2, 0.25) is 0 Å². The summed E-state index contributed by atoms with van der Waals surface area (Å²) in [6, 6.07) is 9.94. The Morgan fingerprint density at radius 2 is 1.63 bits per heavy atom. The Morgan fingerprint density at radius 1 is 0.967 bits per heavy atom. The lowest BCUT2D eigenvalue weighted by Crippen LogP contribution is -2.21. The van der Waals surface area contributed by atoms with Gasteiger partial charge in [0.25, 0.3) is 0 Å². The number of carbonyl (C=O) groups is 1. The predicted octanol–water partition coefficient (Wildman–Crippen LogP) is 2.82. The van der Waals surface area contributed by atoms with Gasteiger partial charge in [0.2, 0.25) is 0 Å². The van der Waals surface area contributed by atoms with Crippen LogP contribution in [-0.2, 0) is 4.79 Å². The van der Waals surface area contributed by atoms with Gasteiger partial charge in [-0.05, 0) is 48.0 Å². The van der Waals surface area contributed by atoms with Crippen molar-refractivity contribution < 1.29 is 24.5 Å². The summed E-state index contributed by atoms with van der Waals surface area (Å²) < 4.78 is 10.2. The van der Waals surface area contributed by atoms with Crippen LogP contribution < -0.4 is 20.1 Å². The number of phenols is 2. The zero-order valence-electron chi connectivity index (χ0n) is 16.8. The van der Waals surface area contributed by atoms with Gasteiger partial charge in [0, 0.05) is 36.1 Å². The smallest absolute Gasteiger partial charge is 0.180 e. The van der Waals surface area contributed by atoms with Crippen molar-refractivity contribution in [1.29, 1.82) is 0 Å². The van der Waals surface area contributed by atoms with Crippen LogP contribution in [0.4, 0.5) is 0 Å². The maximum atomic E-state index is 12.4. The van der Waals surface area contributed by atoms with Gasteiger partial charge in [-0.1, -0.05) is 12.1 Å². The lowest BCUT2D eigenvalue weighted by atomic mass is 10.1. The maximum Gasteiger partial charge on any atom is 0.180 e. The third-order valence-electron chi connectivity index (χ3n) is 4.50. The van der Waals surface area contributed by atoms with Crippen molar-refractivity contribution in [1.82, 2.24) is 10.6 Å². The van der Waals surface area contributed by atoms with Crippen LogP contribution in [0.1, 0.15) is 11.1 Å². The molecule has 0 aromatic heterocycles. The summed E-state index contributed by atoms with van der Waals surface area (Å²) in [6.07, 6.45) is 6.47. The van der Waals surface area contributed by atoms with Crippen LogP contribution in [0.3, 0.4) is 0 Å². The monoisotopic (exact) mass is 408 g/mol. The Kier molecular flexibility index (Phi) is 6.64. The molecule has 1 heterocycles. The highest BCUT2D eigenvalue weighted by Gasteiger charge is 2.11. The van der Waals surface area contributed by atoms with Gasteiger partial charge in [0.1, 0.15) is 0 Å². The van der Waals surface area contributed by atoms with E-state index >= 15 is 0 Å². The molecule has 7 nitrogen and oxygen atoms in total. The number of ether oxygens (including phenoxy) is 2. The van der Waals surface area contributed by atoms with Crippen molar-refractivity contribution in [3.63, 3.8) is 0 Å². The summed E-state index contributed by atoms with van der Waals surface area (Å²) in [5.41, 5.74) is 3.04. The summed E-state index contributed by atoms with van der Waals surface area (Å²) in [5.74, 6) is 0.639. The summed E-state index contributed by atoms with van der Waals surface area (Å²) in [4.78, 5) is 12.4. The first-order chi connectivity index (χ1) is 14.5. The van der Waals surface area contributed by atoms with Crippen LogP contribution >= 0.6 is 0 Å². The van der Waals surface area contributed by atoms with Crippen molar-refractivity contribution in [2.75, 3.05) is 27.3 Å². The number of aromatic hydroxyl groups is 2. The van der Waals surface area contributed by atoms with E-state index in [1.807, 2.05) is 6.08 Å². The van der Waals surface area contributed by atoms with Crippen LogP contribution in [0.25, 0.3) is 11.8 Å². The SMILES string of the molecule is COc1cc(/C=C/C(=O)/C=C2\C=C(c3ccc(O)c(OC)c3)NCCN2)ccc1O. The summed E-state index contributed by atoms with van der Waals surface area (Å²) >= 11 is 0. The molecular weight excluding hydrogens is 384 g/mol. The van der Waals surface area contributed by atoms with E-state index in [1.165, 1.54) is 32.4 Å². The molecule has 0 unspecified atom stereocenters. The number of allylic oxidation sites excluding steroid dienone is 3. The quantitative estimate of drug-likeness (QED) is 0.546. The van der Waals surface area contributed by atoms with Gasteiger partial charge in [0.05, 0.1) is 14.2 Å². The lowest BCUT2D eigenvalue weighted by molar-refractivity contribution is -0.110. The molecule has 2 aromatic rings. The van der Waals surface area contributed by atoms with Crippen LogP contribution in [0.5, 0.6) is 23.0 Å². The molecule has 1 aliphatic heterocycles. The van der Waals surface area contributed by atoms with Crippen LogP contribution in [0, 0.1) is 0 Å². The second kappa shape index (κ2) is 9.56. The first-order valence-electron chi connectivity index (χ1n) is 9.37. The topological polar surface area (TPSA) is 100 Å². The molecule has 0 atom stereocenters. The number of nitrogens with one attached hydrogen (secondary N) is 2. The molecule has 0 amide bonds. The van der Waals surface area contributed by atoms with Gasteiger partial charge in [-0.3, -0.25) is 4.79 Å². The summed E-state index contributed by atoms with van der Waals surface area (Å²) in [7, 11) is 2.97. The molecule has 0 saturated heterocycles. The highest BCUT2D eigenvalue weighted by Crippen LogP contribution is 2.29. The minimum Gasteiger partial charge on any atom is -0.504 e. The fraction of sp³-hybridized carbons (Fsp3) is 0.174. The second-order valence-electron chi connectivity index (χ2n) is 6.56. The molecule has 0 aliphatic carbocycles. The standard InChI is InChI=1S/C23H24N2O5/c1-29-22-11-15(4-7-20(22)27)3-6-18(26)13-17-14-19(25-10-9-24-17)16-5-8-21(28)23(12-16)30-2/h3-8,11-14,24-25,27-28H,9-10H2,1-2H3/b6-3+,17-13+. The average Bonchev–Trinajstić information content (AvgIpc) is 2.99. The molecule has 156 valence electrons. The van der Waals surface area contributed by atoms with Gasteiger partial charge in [-0.2, -0.15) is 0 Å². The van der Waals surface area contributed by atoms with Crippen molar-refractivity contribution in [3.05, 3.63) is 71.5 Å². The normalized spacial score (nSPS) is 15.1. The summed E-state index contributed by atoms with van der Waals surface area (Å²) in [6.45, 7) is 1.32. The van der Waals surface area contributed by atoms with Gasteiger partial charge in [-0.25, -0.2) is 0 Å². The van der Waals surface area contributed by atoms with Crippen molar-refractivity contribution in [2.45, 2.75) is 0 Å². The molecule has 0 spiro atoms. The molecule has 0 radical (unpaired) electrons. The number of hydrogen-bond acceptors (Lipinski definition) is 7. The van der Waals surface area contributed by atoms with Crippen molar-refractivity contribution >= 4 is 17.6 Å². The third-order valence-corrected chi connectivity index (χ3v) is 4.50. The fourth-order valence-corrected chi connectivity index (χ4v) is 2.96. The van der Waals surface area contributed by atoms with Gasteiger partial charge in [-0.15, -0.1) is 0 Å². The Bertz CT molecular complexity index is 1020. The lowest BCUT2D eigenvalue weighted by Gasteiger charge is -2.10. The van der Waals surface area contributed by atoms with Gasteiger partial charge >= 0.3 is 0 Å². The number of ketones is 1. The Labute approximate surface area is 175 Å². The van der Waals surface area contributed by atoms with Crippen LogP contribution in [0.15, 0.2) is 60.3 Å². The molecule has 2 aromatic carbocycles. The van der Waals surface area contributed by atoms with Gasteiger partial charge in [0.15, 0.2) is 28.8 Å². The molecular formula is C23H24N2O5. The molecule has 0 bridgehead atoms. The summed E-state index contributed by atoms with van der Waals surface area (Å²) in [5, 5.41) is 26.0. The van der Waals surface area contributed by atoms with E-state index in [1.54, 1.807) is 36.4 Å². The largest absolute Gasteiger partial charge is 0.504 e. The zero-order chi connectivity index (χ0) is 21.5. The highest BCUT2D eigenvalue weighted by molar-refractivity contribution is 6.02. The van der Waals surface area contributed by atoms with Crippen molar-refractivity contribution in [3.8, 4) is 23.0 Å². The van der Waals surface area contributed by atoms with E-state index in [0.717, 1.165) is 16.8 Å². The minimum absolute atomic E-state index is 0.0433. The molecule has 1 aliphatic rings. The number of methoxy groups -OCH3 is 2. The molecule has 3 rings (SSSR count). The highest BCUT2D eigenvalue weighted by atomic mass is 16.5. The predicted molar refractivity (Wildman–Crippen MR) is 115 cm³/mol. The molecule has 0 saturated carbocycles. The number of benzene rings is 2. The maximum absolute atomic E-state index is 12.4. The molecule has 4 N–H and O–H groups in total. The number of carbonyl (C=O) groups excluding carboxylic acids is 1. The van der Waals surface area contributed by atoms with E-state index in [-0.39, 0.29) is 17.3 Å². The zero-order valence-corrected chi connectivity index (χ0v) is 16.8. The van der Waals surface area contributed by atoms with E-state index in [9.17, 15) is 15.0 Å². The van der Waals surface area contributed by atoms with E-state index in [2.05, 4.69) is 10.6 Å². The Hall–Kier alpha value is -3.87. The van der Waals surface area contributed by atoms with E-state index in [0.29, 0.717) is 30.3 Å². The fourth-order valence-electron chi connectivity index (χ4n) is 2.96. The first-order valence-corrected chi connectivity index (χ1v) is 9.37. The number of hydrogen-bond donors (Lipinski definition) is 4. The first kappa shape index (κ1) is 20.9. The third kappa shape index (κ3) is 5.14. The second-order valence-corrected chi connectivity index (χ2v) is 6.56. The van der Waals surface area contributed by atoms with E-state index in [4.69, 9.17) is 9.47 Å². The minimum atomic E-state index is -0.190. The van der Waals surface area contributed by atoms with Crippen molar-refractivity contribution in [2.24, 2.45) is 0 Å². The van der Waals surface area contributed by atoms with E-state index < -0.39 is 0 Å². The Morgan fingerprint density at radius 3 is 2.37 bits per heavy atom. The number of phenolic OH excluding ortho intramolecular Hbond substituents is 2. The van der Waals surface area contributed by atoms with Crippen LogP contribution in [-0.4, -0.2) is 43.3 Å². The number of rotatable bonds is 6.